The minimum Gasteiger partial charge on any atom is -0.271 e. The van der Waals surface area contributed by atoms with Crippen molar-refractivity contribution in [1.29, 1.82) is 0 Å². The lowest BCUT2D eigenvalue weighted by molar-refractivity contribution is 0.487. The number of benzene rings is 1. The Balaban J connectivity index is 2.56. The lowest BCUT2D eigenvalue weighted by Gasteiger charge is -2.16. The lowest BCUT2D eigenvalue weighted by Crippen LogP contribution is -2.27. The van der Waals surface area contributed by atoms with E-state index < -0.39 is 0 Å². The summed E-state index contributed by atoms with van der Waals surface area (Å²) in [5, 5.41) is 0. The monoisotopic (exact) mass is 220 g/mol. The molecule has 16 heavy (non-hydrogen) atoms. The quantitative estimate of drug-likeness (QED) is 0.420. The predicted octanol–water partition coefficient (Wildman–Crippen LogP) is 3.33. The largest absolute Gasteiger partial charge is 0.271 e. The lowest BCUT2D eigenvalue weighted by atomic mass is 9.99. The standard InChI is InChI=1S/C14H24N2/c1-3-5-6-7-14(16-15)13-10-8-12(4-2)9-11-13/h8-11,14,16H,3-7,15H2,1-2H3. The van der Waals surface area contributed by atoms with Crippen LogP contribution in [-0.2, 0) is 6.42 Å². The zero-order valence-corrected chi connectivity index (χ0v) is 10.5. The van der Waals surface area contributed by atoms with E-state index in [9.17, 15) is 0 Å². The van der Waals surface area contributed by atoms with E-state index in [1.165, 1.54) is 30.4 Å². The van der Waals surface area contributed by atoms with Crippen molar-refractivity contribution in [2.45, 2.75) is 52.0 Å². The molecule has 1 unspecified atom stereocenters. The summed E-state index contributed by atoms with van der Waals surface area (Å²) in [5.41, 5.74) is 5.60. The molecule has 90 valence electrons. The van der Waals surface area contributed by atoms with E-state index in [0.29, 0.717) is 6.04 Å². The van der Waals surface area contributed by atoms with Crippen LogP contribution >= 0.6 is 0 Å². The summed E-state index contributed by atoms with van der Waals surface area (Å²) in [6, 6.07) is 9.07. The van der Waals surface area contributed by atoms with Crippen molar-refractivity contribution in [1.82, 2.24) is 5.43 Å². The van der Waals surface area contributed by atoms with Crippen molar-refractivity contribution in [3.63, 3.8) is 0 Å². The first-order chi connectivity index (χ1) is 7.81. The van der Waals surface area contributed by atoms with E-state index in [-0.39, 0.29) is 0 Å². The fourth-order valence-corrected chi connectivity index (χ4v) is 1.93. The van der Waals surface area contributed by atoms with Crippen LogP contribution in [0.1, 0.15) is 56.7 Å². The van der Waals surface area contributed by atoms with Crippen LogP contribution in [0.3, 0.4) is 0 Å². The SMILES string of the molecule is CCCCCC(NN)c1ccc(CC)cc1. The second-order valence-corrected chi connectivity index (χ2v) is 4.31. The summed E-state index contributed by atoms with van der Waals surface area (Å²) in [4.78, 5) is 0. The normalized spacial score (nSPS) is 12.7. The second-order valence-electron chi connectivity index (χ2n) is 4.31. The molecule has 1 atom stereocenters. The number of nitrogens with one attached hydrogen (secondary N) is 1. The van der Waals surface area contributed by atoms with Crippen LogP contribution in [0, 0.1) is 0 Å². The summed E-state index contributed by atoms with van der Waals surface area (Å²) in [7, 11) is 0. The third kappa shape index (κ3) is 3.95. The summed E-state index contributed by atoms with van der Waals surface area (Å²) >= 11 is 0. The average Bonchev–Trinajstić information content (AvgIpc) is 2.35. The van der Waals surface area contributed by atoms with Gasteiger partial charge in [0.2, 0.25) is 0 Å². The molecule has 0 fully saturated rings. The second kappa shape index (κ2) is 7.42. The molecule has 2 heteroatoms. The van der Waals surface area contributed by atoms with Gasteiger partial charge < -0.3 is 0 Å². The third-order valence-corrected chi connectivity index (χ3v) is 3.09. The number of nitrogens with two attached hydrogens (primary N) is 1. The minimum absolute atomic E-state index is 0.303. The Labute approximate surface area is 99.2 Å². The smallest absolute Gasteiger partial charge is 0.0460 e. The maximum atomic E-state index is 5.61. The minimum atomic E-state index is 0.303. The molecule has 3 N–H and O–H groups in total. The van der Waals surface area contributed by atoms with Crippen LogP contribution in [0.4, 0.5) is 0 Å². The molecule has 0 aliphatic carbocycles. The molecular weight excluding hydrogens is 196 g/mol. The molecule has 0 aliphatic rings. The molecule has 1 aromatic rings. The average molecular weight is 220 g/mol. The molecule has 1 rings (SSSR count). The molecule has 0 amide bonds. The zero-order chi connectivity index (χ0) is 11.8. The number of aryl methyl sites for hydroxylation is 1. The summed E-state index contributed by atoms with van der Waals surface area (Å²) in [5.74, 6) is 5.61. The van der Waals surface area contributed by atoms with Gasteiger partial charge in [-0.1, -0.05) is 57.4 Å². The summed E-state index contributed by atoms with van der Waals surface area (Å²) in [6.45, 7) is 4.40. The Bertz CT molecular complexity index is 279. The summed E-state index contributed by atoms with van der Waals surface area (Å²) < 4.78 is 0. The molecule has 1 aromatic carbocycles. The van der Waals surface area contributed by atoms with Crippen LogP contribution in [0.25, 0.3) is 0 Å². The highest BCUT2D eigenvalue weighted by Gasteiger charge is 2.08. The highest BCUT2D eigenvalue weighted by atomic mass is 15.2. The first-order valence-corrected chi connectivity index (χ1v) is 6.36. The van der Waals surface area contributed by atoms with Gasteiger partial charge in [0.1, 0.15) is 0 Å². The zero-order valence-electron chi connectivity index (χ0n) is 10.5. The molecule has 0 spiro atoms. The van der Waals surface area contributed by atoms with E-state index >= 15 is 0 Å². The van der Waals surface area contributed by atoms with Crippen molar-refractivity contribution < 1.29 is 0 Å². The number of unbranched alkanes of at least 4 members (excludes halogenated alkanes) is 2. The first kappa shape index (κ1) is 13.2. The molecular formula is C14H24N2. The first-order valence-electron chi connectivity index (χ1n) is 6.36. The Hall–Kier alpha value is -0.860. The number of hydrazine groups is 1. The highest BCUT2D eigenvalue weighted by Crippen LogP contribution is 2.19. The number of hydrogen-bond acceptors (Lipinski definition) is 2. The molecule has 0 aromatic heterocycles. The summed E-state index contributed by atoms with van der Waals surface area (Å²) in [6.07, 6.45) is 5.99. The van der Waals surface area contributed by atoms with Crippen molar-refractivity contribution in [2.75, 3.05) is 0 Å². The van der Waals surface area contributed by atoms with E-state index in [2.05, 4.69) is 43.5 Å². The molecule has 0 heterocycles. The Morgan fingerprint density at radius 1 is 1.12 bits per heavy atom. The van der Waals surface area contributed by atoms with Crippen LogP contribution in [0.15, 0.2) is 24.3 Å². The third-order valence-electron chi connectivity index (χ3n) is 3.09. The number of rotatable bonds is 7. The van der Waals surface area contributed by atoms with Crippen LogP contribution < -0.4 is 11.3 Å². The molecule has 2 nitrogen and oxygen atoms in total. The van der Waals surface area contributed by atoms with Crippen molar-refractivity contribution in [3.8, 4) is 0 Å². The van der Waals surface area contributed by atoms with Crippen molar-refractivity contribution in [3.05, 3.63) is 35.4 Å². The highest BCUT2D eigenvalue weighted by molar-refractivity contribution is 5.24. The Kier molecular flexibility index (Phi) is 6.12. The van der Waals surface area contributed by atoms with Gasteiger partial charge in [-0.15, -0.1) is 0 Å². The Morgan fingerprint density at radius 2 is 1.81 bits per heavy atom. The fourth-order valence-electron chi connectivity index (χ4n) is 1.93. The van der Waals surface area contributed by atoms with Crippen LogP contribution in [0.5, 0.6) is 0 Å². The van der Waals surface area contributed by atoms with Gasteiger partial charge in [-0.3, -0.25) is 11.3 Å². The van der Waals surface area contributed by atoms with Gasteiger partial charge in [0.05, 0.1) is 0 Å². The maximum Gasteiger partial charge on any atom is 0.0460 e. The van der Waals surface area contributed by atoms with Gasteiger partial charge in [-0.25, -0.2) is 0 Å². The van der Waals surface area contributed by atoms with Gasteiger partial charge >= 0.3 is 0 Å². The Morgan fingerprint density at radius 3 is 2.31 bits per heavy atom. The molecule has 0 bridgehead atoms. The van der Waals surface area contributed by atoms with Crippen LogP contribution in [0.2, 0.25) is 0 Å². The van der Waals surface area contributed by atoms with Gasteiger partial charge in [-0.05, 0) is 24.0 Å². The van der Waals surface area contributed by atoms with E-state index in [0.717, 1.165) is 12.8 Å². The molecule has 0 saturated carbocycles. The van der Waals surface area contributed by atoms with E-state index in [1.54, 1.807) is 0 Å². The van der Waals surface area contributed by atoms with Crippen LogP contribution in [-0.4, -0.2) is 0 Å². The van der Waals surface area contributed by atoms with E-state index in [4.69, 9.17) is 5.84 Å². The topological polar surface area (TPSA) is 38.0 Å². The van der Waals surface area contributed by atoms with Gasteiger partial charge in [0.25, 0.3) is 0 Å². The molecule has 0 aliphatic heterocycles. The van der Waals surface area contributed by atoms with Crippen molar-refractivity contribution in [2.24, 2.45) is 5.84 Å². The van der Waals surface area contributed by atoms with Gasteiger partial charge in [-0.2, -0.15) is 0 Å². The van der Waals surface area contributed by atoms with Crippen molar-refractivity contribution >= 4 is 0 Å². The van der Waals surface area contributed by atoms with Gasteiger partial charge in [0.15, 0.2) is 0 Å². The molecule has 0 radical (unpaired) electrons. The fraction of sp³-hybridized carbons (Fsp3) is 0.571. The van der Waals surface area contributed by atoms with E-state index in [1.807, 2.05) is 0 Å². The maximum absolute atomic E-state index is 5.61. The number of hydrogen-bond donors (Lipinski definition) is 2. The van der Waals surface area contributed by atoms with Gasteiger partial charge in [0, 0.05) is 6.04 Å². The molecule has 0 saturated heterocycles. The predicted molar refractivity (Wildman–Crippen MR) is 70.0 cm³/mol.